The van der Waals surface area contributed by atoms with E-state index in [1.807, 2.05) is 0 Å². The van der Waals surface area contributed by atoms with E-state index in [0.717, 1.165) is 0 Å². The summed E-state index contributed by atoms with van der Waals surface area (Å²) in [4.78, 5) is 13.5. The van der Waals surface area contributed by atoms with Crippen molar-refractivity contribution >= 4 is 5.91 Å². The molecule has 1 amide bonds. The molecule has 1 aliphatic heterocycles. The second-order valence-electron chi connectivity index (χ2n) is 4.90. The zero-order chi connectivity index (χ0) is 14.2. The Morgan fingerprint density at radius 2 is 2.16 bits per heavy atom. The summed E-state index contributed by atoms with van der Waals surface area (Å²) in [5.74, 6) is -1.78. The van der Waals surface area contributed by atoms with Gasteiger partial charge in [0.1, 0.15) is 0 Å². The van der Waals surface area contributed by atoms with Crippen LogP contribution in [-0.2, 0) is 7.05 Å². The van der Waals surface area contributed by atoms with Crippen LogP contribution in [0.1, 0.15) is 28.9 Å². The number of piperidine rings is 1. The first-order valence-corrected chi connectivity index (χ1v) is 6.15. The molecule has 0 saturated carbocycles. The molecule has 0 spiro atoms. The van der Waals surface area contributed by atoms with Crippen LogP contribution in [0.25, 0.3) is 0 Å². The number of alkyl halides is 3. The summed E-state index contributed by atoms with van der Waals surface area (Å²) in [6, 6.07) is 0. The van der Waals surface area contributed by atoms with E-state index in [0.29, 0.717) is 24.2 Å². The summed E-state index contributed by atoms with van der Waals surface area (Å²) in [7, 11) is 1.70. The number of hydrogen-bond donors (Lipinski definition) is 0. The Balaban J connectivity index is 2.14. The molecule has 106 valence electrons. The Morgan fingerprint density at radius 1 is 1.47 bits per heavy atom. The van der Waals surface area contributed by atoms with E-state index < -0.39 is 12.1 Å². The maximum atomic E-state index is 12.7. The third kappa shape index (κ3) is 2.74. The highest BCUT2D eigenvalue weighted by molar-refractivity contribution is 5.95. The molecule has 1 fully saturated rings. The van der Waals surface area contributed by atoms with E-state index in [2.05, 4.69) is 5.10 Å². The molecule has 4 nitrogen and oxygen atoms in total. The van der Waals surface area contributed by atoms with Gasteiger partial charge in [-0.15, -0.1) is 0 Å². The van der Waals surface area contributed by atoms with Crippen LogP contribution < -0.4 is 0 Å². The van der Waals surface area contributed by atoms with Gasteiger partial charge >= 0.3 is 6.18 Å². The molecule has 0 N–H and O–H groups in total. The fraction of sp³-hybridized carbons (Fsp3) is 0.667. The van der Waals surface area contributed by atoms with Crippen LogP contribution in [0.5, 0.6) is 0 Å². The lowest BCUT2D eigenvalue weighted by atomic mass is 9.97. The van der Waals surface area contributed by atoms with Crippen molar-refractivity contribution in [1.82, 2.24) is 14.7 Å². The van der Waals surface area contributed by atoms with Crippen LogP contribution in [0.2, 0.25) is 0 Å². The zero-order valence-electron chi connectivity index (χ0n) is 10.9. The van der Waals surface area contributed by atoms with Crippen LogP contribution in [0.15, 0.2) is 6.20 Å². The Bertz CT molecular complexity index is 481. The van der Waals surface area contributed by atoms with Crippen LogP contribution in [0, 0.1) is 12.8 Å². The lowest BCUT2D eigenvalue weighted by molar-refractivity contribution is -0.184. The molecule has 1 aliphatic rings. The lowest BCUT2D eigenvalue weighted by Crippen LogP contribution is -2.44. The van der Waals surface area contributed by atoms with Gasteiger partial charge in [-0.25, -0.2) is 0 Å². The number of rotatable bonds is 1. The van der Waals surface area contributed by atoms with Gasteiger partial charge in [0.05, 0.1) is 17.7 Å². The lowest BCUT2D eigenvalue weighted by Gasteiger charge is -2.33. The molecule has 0 bridgehead atoms. The second-order valence-corrected chi connectivity index (χ2v) is 4.90. The highest BCUT2D eigenvalue weighted by atomic mass is 19.4. The van der Waals surface area contributed by atoms with Crippen LogP contribution in [0.3, 0.4) is 0 Å². The Kier molecular flexibility index (Phi) is 3.56. The smallest absolute Gasteiger partial charge is 0.338 e. The van der Waals surface area contributed by atoms with Crippen molar-refractivity contribution in [2.24, 2.45) is 13.0 Å². The van der Waals surface area contributed by atoms with E-state index in [1.54, 1.807) is 18.7 Å². The van der Waals surface area contributed by atoms with Gasteiger partial charge in [-0.2, -0.15) is 18.3 Å². The maximum absolute atomic E-state index is 12.7. The number of aryl methyl sites for hydroxylation is 1. The minimum absolute atomic E-state index is 0.0965. The van der Waals surface area contributed by atoms with Gasteiger partial charge in [-0.3, -0.25) is 9.48 Å². The second kappa shape index (κ2) is 4.86. The van der Waals surface area contributed by atoms with Crippen LogP contribution in [-0.4, -0.2) is 39.9 Å². The average Bonchev–Trinajstić information content (AvgIpc) is 2.68. The van der Waals surface area contributed by atoms with Gasteiger partial charge in [0, 0.05) is 25.8 Å². The molecule has 0 unspecified atom stereocenters. The third-order valence-electron chi connectivity index (χ3n) is 3.64. The summed E-state index contributed by atoms with van der Waals surface area (Å²) < 4.78 is 39.7. The normalized spacial score (nSPS) is 20.7. The minimum Gasteiger partial charge on any atom is -0.338 e. The third-order valence-corrected chi connectivity index (χ3v) is 3.64. The molecule has 1 aromatic heterocycles. The molecular weight excluding hydrogens is 259 g/mol. The zero-order valence-corrected chi connectivity index (χ0v) is 10.9. The van der Waals surface area contributed by atoms with Gasteiger partial charge in [0.25, 0.3) is 5.91 Å². The monoisotopic (exact) mass is 275 g/mol. The van der Waals surface area contributed by atoms with Crippen molar-refractivity contribution < 1.29 is 18.0 Å². The largest absolute Gasteiger partial charge is 0.393 e. The Labute approximate surface area is 109 Å². The predicted molar refractivity (Wildman–Crippen MR) is 62.6 cm³/mol. The van der Waals surface area contributed by atoms with Gasteiger partial charge in [0.2, 0.25) is 0 Å². The molecule has 1 atom stereocenters. The summed E-state index contributed by atoms with van der Waals surface area (Å²) in [5, 5.41) is 3.95. The van der Waals surface area contributed by atoms with E-state index in [9.17, 15) is 18.0 Å². The predicted octanol–water partition coefficient (Wildman–Crippen LogP) is 2.14. The highest BCUT2D eigenvalue weighted by Crippen LogP contribution is 2.33. The number of carbonyl (C=O) groups is 1. The molecule has 19 heavy (non-hydrogen) atoms. The molecule has 2 heterocycles. The molecule has 1 aromatic rings. The van der Waals surface area contributed by atoms with Crippen LogP contribution >= 0.6 is 0 Å². The summed E-state index contributed by atoms with van der Waals surface area (Å²) in [6.45, 7) is 1.85. The Morgan fingerprint density at radius 3 is 2.68 bits per heavy atom. The number of amides is 1. The van der Waals surface area contributed by atoms with Crippen molar-refractivity contribution in [2.75, 3.05) is 13.1 Å². The topological polar surface area (TPSA) is 38.1 Å². The molecule has 0 aliphatic carbocycles. The van der Waals surface area contributed by atoms with E-state index in [-0.39, 0.29) is 18.9 Å². The fourth-order valence-corrected chi connectivity index (χ4v) is 2.31. The van der Waals surface area contributed by atoms with Crippen molar-refractivity contribution in [3.05, 3.63) is 17.5 Å². The van der Waals surface area contributed by atoms with Gasteiger partial charge < -0.3 is 4.90 Å². The van der Waals surface area contributed by atoms with Gasteiger partial charge in [0.15, 0.2) is 0 Å². The number of carbonyl (C=O) groups excluding carboxylic acids is 1. The summed E-state index contributed by atoms with van der Waals surface area (Å²) >= 11 is 0. The molecule has 7 heteroatoms. The number of nitrogens with zero attached hydrogens (tertiary/aromatic N) is 3. The standard InChI is InChI=1S/C12H16F3N3O/c1-8-10(6-16-17(8)2)11(19)18-5-3-4-9(7-18)12(13,14)15/h6,9H,3-5,7H2,1-2H3/t9-/m0/s1. The maximum Gasteiger partial charge on any atom is 0.393 e. The Hall–Kier alpha value is -1.53. The van der Waals surface area contributed by atoms with Gasteiger partial charge in [-0.1, -0.05) is 0 Å². The molecule has 0 radical (unpaired) electrons. The van der Waals surface area contributed by atoms with E-state index in [1.165, 1.54) is 11.1 Å². The molecule has 2 rings (SSSR count). The number of halogens is 3. The fourth-order valence-electron chi connectivity index (χ4n) is 2.31. The van der Waals surface area contributed by atoms with E-state index >= 15 is 0 Å². The number of hydrogen-bond acceptors (Lipinski definition) is 2. The van der Waals surface area contributed by atoms with E-state index in [4.69, 9.17) is 0 Å². The molecular formula is C12H16F3N3O. The van der Waals surface area contributed by atoms with Crippen LogP contribution in [0.4, 0.5) is 13.2 Å². The van der Waals surface area contributed by atoms with Crippen molar-refractivity contribution in [2.45, 2.75) is 25.9 Å². The van der Waals surface area contributed by atoms with Gasteiger partial charge in [-0.05, 0) is 19.8 Å². The number of aromatic nitrogens is 2. The quantitative estimate of drug-likeness (QED) is 0.787. The molecule has 1 saturated heterocycles. The average molecular weight is 275 g/mol. The first-order chi connectivity index (χ1) is 8.80. The highest BCUT2D eigenvalue weighted by Gasteiger charge is 2.42. The summed E-state index contributed by atoms with van der Waals surface area (Å²) in [5.41, 5.74) is 1.05. The number of likely N-dealkylation sites (tertiary alicyclic amines) is 1. The molecule has 0 aromatic carbocycles. The first kappa shape index (κ1) is 13.9. The van der Waals surface area contributed by atoms with Crippen molar-refractivity contribution in [3.8, 4) is 0 Å². The first-order valence-electron chi connectivity index (χ1n) is 6.15. The SMILES string of the molecule is Cc1c(C(=O)N2CCC[C@H](C(F)(F)F)C2)cnn1C. The van der Waals surface area contributed by atoms with Crippen molar-refractivity contribution in [1.29, 1.82) is 0 Å². The summed E-state index contributed by atoms with van der Waals surface area (Å²) in [6.07, 6.45) is -2.34. The minimum atomic E-state index is -4.23. The van der Waals surface area contributed by atoms with Crippen molar-refractivity contribution in [3.63, 3.8) is 0 Å².